The van der Waals surface area contributed by atoms with Gasteiger partial charge < -0.3 is 19.7 Å². The number of ether oxygens (including phenoxy) is 1. The summed E-state index contributed by atoms with van der Waals surface area (Å²) in [5, 5.41) is 18.0. The highest BCUT2D eigenvalue weighted by molar-refractivity contribution is 5.91. The van der Waals surface area contributed by atoms with Gasteiger partial charge in [0.15, 0.2) is 5.58 Å². The lowest BCUT2D eigenvalue weighted by Gasteiger charge is -2.14. The molecule has 0 aliphatic heterocycles. The van der Waals surface area contributed by atoms with E-state index in [2.05, 4.69) is 10.5 Å². The summed E-state index contributed by atoms with van der Waals surface area (Å²) >= 11 is 0. The zero-order valence-corrected chi connectivity index (χ0v) is 16.0. The smallest absolute Gasteiger partial charge is 0.170 e. The Labute approximate surface area is 171 Å². The molecule has 0 aliphatic carbocycles. The molecule has 0 saturated carbocycles. The molecule has 30 heavy (non-hydrogen) atoms. The van der Waals surface area contributed by atoms with Crippen LogP contribution in [0.4, 0.5) is 8.78 Å². The average Bonchev–Trinajstić information content (AvgIpc) is 3.15. The lowest BCUT2D eigenvalue weighted by Crippen LogP contribution is -2.31. The Morgan fingerprint density at radius 1 is 1.00 bits per heavy atom. The number of aromatic nitrogens is 1. The minimum Gasteiger partial charge on any atom is -0.491 e. The molecule has 0 aliphatic rings. The van der Waals surface area contributed by atoms with Crippen molar-refractivity contribution in [2.45, 2.75) is 12.6 Å². The molecule has 0 saturated heterocycles. The SMILES string of the molecule is O[C@@H](CNCc1cccc(F)c1)COc1cccc(-c2noc3cc(F)ccc23)c1. The summed E-state index contributed by atoms with van der Waals surface area (Å²) in [7, 11) is 0. The molecule has 1 heterocycles. The molecule has 154 valence electrons. The lowest BCUT2D eigenvalue weighted by atomic mass is 10.1. The van der Waals surface area contributed by atoms with Gasteiger partial charge in [0.1, 0.15) is 35.8 Å². The van der Waals surface area contributed by atoms with Crippen LogP contribution in [0, 0.1) is 11.6 Å². The van der Waals surface area contributed by atoms with Crippen molar-refractivity contribution in [3.05, 3.63) is 83.9 Å². The van der Waals surface area contributed by atoms with E-state index in [9.17, 15) is 13.9 Å². The van der Waals surface area contributed by atoms with Gasteiger partial charge in [-0.15, -0.1) is 0 Å². The molecule has 4 rings (SSSR count). The summed E-state index contributed by atoms with van der Waals surface area (Å²) in [6.45, 7) is 0.838. The molecule has 1 aromatic heterocycles. The van der Waals surface area contributed by atoms with Crippen LogP contribution in [-0.2, 0) is 6.54 Å². The topological polar surface area (TPSA) is 67.5 Å². The van der Waals surface area contributed by atoms with Crippen LogP contribution in [0.1, 0.15) is 5.56 Å². The second-order valence-electron chi connectivity index (χ2n) is 6.93. The van der Waals surface area contributed by atoms with E-state index in [1.165, 1.54) is 24.3 Å². The van der Waals surface area contributed by atoms with Gasteiger partial charge in [-0.05, 0) is 42.0 Å². The first-order valence-electron chi connectivity index (χ1n) is 9.50. The molecule has 3 aromatic carbocycles. The number of rotatable bonds is 8. The minimum absolute atomic E-state index is 0.0877. The Hall–Kier alpha value is -3.29. The summed E-state index contributed by atoms with van der Waals surface area (Å²) in [4.78, 5) is 0. The third-order valence-electron chi connectivity index (χ3n) is 4.58. The normalized spacial score (nSPS) is 12.2. The first kappa shape index (κ1) is 20.0. The standard InChI is InChI=1S/C23H20F2N2O3/c24-17-5-1-3-15(9-17)12-26-13-19(28)14-29-20-6-2-4-16(10-20)23-21-8-7-18(25)11-22(21)30-27-23/h1-11,19,26,28H,12-14H2/t19-/m0/s1. The minimum atomic E-state index is -0.738. The van der Waals surface area contributed by atoms with Crippen molar-refractivity contribution >= 4 is 11.0 Å². The Bertz CT molecular complexity index is 1150. The van der Waals surface area contributed by atoms with Gasteiger partial charge in [0.05, 0.1) is 0 Å². The van der Waals surface area contributed by atoms with E-state index in [4.69, 9.17) is 9.26 Å². The number of hydrogen-bond acceptors (Lipinski definition) is 5. The van der Waals surface area contributed by atoms with Crippen molar-refractivity contribution in [2.24, 2.45) is 0 Å². The molecule has 4 aromatic rings. The van der Waals surface area contributed by atoms with E-state index in [0.29, 0.717) is 35.5 Å². The van der Waals surface area contributed by atoms with E-state index in [-0.39, 0.29) is 18.2 Å². The molecule has 0 unspecified atom stereocenters. The van der Waals surface area contributed by atoms with Crippen molar-refractivity contribution in [1.29, 1.82) is 0 Å². The van der Waals surface area contributed by atoms with E-state index in [1.807, 2.05) is 18.2 Å². The highest BCUT2D eigenvalue weighted by Crippen LogP contribution is 2.30. The fourth-order valence-electron chi connectivity index (χ4n) is 3.13. The number of hydrogen-bond donors (Lipinski definition) is 2. The van der Waals surface area contributed by atoms with E-state index < -0.39 is 6.10 Å². The maximum Gasteiger partial charge on any atom is 0.170 e. The Morgan fingerprint density at radius 2 is 1.83 bits per heavy atom. The van der Waals surface area contributed by atoms with Crippen LogP contribution in [0.5, 0.6) is 5.75 Å². The summed E-state index contributed by atoms with van der Waals surface area (Å²) in [5.41, 5.74) is 2.52. The summed E-state index contributed by atoms with van der Waals surface area (Å²) in [5.74, 6) is -0.111. The monoisotopic (exact) mass is 410 g/mol. The van der Waals surface area contributed by atoms with Crippen LogP contribution >= 0.6 is 0 Å². The van der Waals surface area contributed by atoms with Crippen LogP contribution in [0.2, 0.25) is 0 Å². The van der Waals surface area contributed by atoms with Gasteiger partial charge in [-0.1, -0.05) is 29.4 Å². The maximum atomic E-state index is 13.3. The largest absolute Gasteiger partial charge is 0.491 e. The van der Waals surface area contributed by atoms with Crippen molar-refractivity contribution in [3.63, 3.8) is 0 Å². The molecule has 5 nitrogen and oxygen atoms in total. The number of nitrogens with zero attached hydrogens (tertiary/aromatic N) is 1. The summed E-state index contributed by atoms with van der Waals surface area (Å²) in [6, 6.07) is 17.8. The first-order valence-corrected chi connectivity index (χ1v) is 9.50. The molecule has 0 amide bonds. The number of aliphatic hydroxyl groups excluding tert-OH is 1. The second-order valence-corrected chi connectivity index (χ2v) is 6.93. The lowest BCUT2D eigenvalue weighted by molar-refractivity contribution is 0.106. The zero-order chi connectivity index (χ0) is 20.9. The van der Waals surface area contributed by atoms with Gasteiger partial charge in [0.25, 0.3) is 0 Å². The van der Waals surface area contributed by atoms with Crippen LogP contribution in [0.3, 0.4) is 0 Å². The molecule has 0 fully saturated rings. The predicted molar refractivity (Wildman–Crippen MR) is 109 cm³/mol. The first-order chi connectivity index (χ1) is 14.6. The van der Waals surface area contributed by atoms with Crippen molar-refractivity contribution in [1.82, 2.24) is 10.5 Å². The van der Waals surface area contributed by atoms with Crippen LogP contribution in [0.25, 0.3) is 22.2 Å². The van der Waals surface area contributed by atoms with Crippen molar-refractivity contribution in [3.8, 4) is 17.0 Å². The summed E-state index contributed by atoms with van der Waals surface area (Å²) in [6.07, 6.45) is -0.738. The Balaban J connectivity index is 1.34. The third-order valence-corrected chi connectivity index (χ3v) is 4.58. The van der Waals surface area contributed by atoms with Crippen LogP contribution in [0.15, 0.2) is 71.3 Å². The van der Waals surface area contributed by atoms with Gasteiger partial charge in [-0.25, -0.2) is 8.78 Å². The van der Waals surface area contributed by atoms with E-state index >= 15 is 0 Å². The maximum absolute atomic E-state index is 13.3. The van der Waals surface area contributed by atoms with Gasteiger partial charge >= 0.3 is 0 Å². The number of benzene rings is 3. The fraction of sp³-hybridized carbons (Fsp3) is 0.174. The van der Waals surface area contributed by atoms with Gasteiger partial charge in [0.2, 0.25) is 0 Å². The number of halogens is 2. The van der Waals surface area contributed by atoms with Crippen molar-refractivity contribution < 1.29 is 23.1 Å². The van der Waals surface area contributed by atoms with E-state index in [0.717, 1.165) is 11.1 Å². The second kappa shape index (κ2) is 9.02. The fourth-order valence-corrected chi connectivity index (χ4v) is 3.13. The average molecular weight is 410 g/mol. The van der Waals surface area contributed by atoms with Gasteiger partial charge in [-0.2, -0.15) is 0 Å². The molecule has 0 bridgehead atoms. The molecule has 1 atom stereocenters. The highest BCUT2D eigenvalue weighted by Gasteiger charge is 2.12. The molecule has 0 radical (unpaired) electrons. The predicted octanol–water partition coefficient (Wildman–Crippen LogP) is 4.30. The van der Waals surface area contributed by atoms with Crippen LogP contribution < -0.4 is 10.1 Å². The molecular weight excluding hydrogens is 390 g/mol. The molecule has 7 heteroatoms. The number of fused-ring (bicyclic) bond motifs is 1. The highest BCUT2D eigenvalue weighted by atomic mass is 19.1. The van der Waals surface area contributed by atoms with E-state index in [1.54, 1.807) is 24.3 Å². The quantitative estimate of drug-likeness (QED) is 0.453. The molecule has 0 spiro atoms. The Morgan fingerprint density at radius 3 is 2.70 bits per heavy atom. The van der Waals surface area contributed by atoms with Gasteiger partial charge in [-0.3, -0.25) is 0 Å². The van der Waals surface area contributed by atoms with Crippen molar-refractivity contribution in [2.75, 3.05) is 13.2 Å². The number of aliphatic hydroxyl groups is 1. The van der Waals surface area contributed by atoms with Crippen LogP contribution in [-0.4, -0.2) is 29.5 Å². The Kier molecular flexibility index (Phi) is 6.02. The zero-order valence-electron chi connectivity index (χ0n) is 16.0. The third kappa shape index (κ3) is 4.82. The molecular formula is C23H20F2N2O3. The van der Waals surface area contributed by atoms with Gasteiger partial charge in [0, 0.05) is 30.1 Å². The molecule has 2 N–H and O–H groups in total. The number of nitrogens with one attached hydrogen (secondary N) is 1. The summed E-state index contributed by atoms with van der Waals surface area (Å²) < 4.78 is 37.4.